The maximum absolute atomic E-state index is 5.46. The fourth-order valence-corrected chi connectivity index (χ4v) is 3.85. The summed E-state index contributed by atoms with van der Waals surface area (Å²) in [4.78, 5) is 7.67. The third-order valence-electron chi connectivity index (χ3n) is 3.92. The topological polar surface area (TPSA) is 25.4 Å². The molecule has 1 heterocycles. The Morgan fingerprint density at radius 3 is 2.68 bits per heavy atom. The lowest BCUT2D eigenvalue weighted by molar-refractivity contribution is 0.206. The van der Waals surface area contributed by atoms with E-state index in [2.05, 4.69) is 39.8 Å². The van der Waals surface area contributed by atoms with Crippen LogP contribution in [0.5, 0.6) is 5.75 Å². The lowest BCUT2D eigenvalue weighted by Crippen LogP contribution is -2.34. The molecule has 0 N–H and O–H groups in total. The highest BCUT2D eigenvalue weighted by molar-refractivity contribution is 9.09. The van der Waals surface area contributed by atoms with Gasteiger partial charge >= 0.3 is 0 Å². The second kappa shape index (κ2) is 6.23. The van der Waals surface area contributed by atoms with Crippen LogP contribution in [0.2, 0.25) is 0 Å². The first kappa shape index (κ1) is 14.8. The Bertz CT molecular complexity index is 444. The number of hydrogen-bond acceptors (Lipinski definition) is 3. The van der Waals surface area contributed by atoms with E-state index in [-0.39, 0.29) is 0 Å². The minimum absolute atomic E-state index is 0.741. The van der Waals surface area contributed by atoms with E-state index < -0.39 is 0 Å². The number of halogens is 1. The van der Waals surface area contributed by atoms with Crippen LogP contribution >= 0.6 is 15.9 Å². The molecular weight excluding hydrogens is 304 g/mol. The molecule has 4 heteroatoms. The molecule has 0 saturated heterocycles. The molecule has 1 aromatic heterocycles. The monoisotopic (exact) mass is 326 g/mol. The third kappa shape index (κ3) is 3.48. The van der Waals surface area contributed by atoms with Crippen molar-refractivity contribution < 1.29 is 4.74 Å². The van der Waals surface area contributed by atoms with E-state index in [1.54, 1.807) is 7.11 Å². The van der Waals surface area contributed by atoms with E-state index >= 15 is 0 Å². The van der Waals surface area contributed by atoms with Crippen molar-refractivity contribution in [2.24, 2.45) is 5.92 Å². The van der Waals surface area contributed by atoms with Crippen LogP contribution in [0, 0.1) is 19.8 Å². The lowest BCUT2D eigenvalue weighted by Gasteiger charge is -2.34. The second-order valence-electron chi connectivity index (χ2n) is 5.68. The summed E-state index contributed by atoms with van der Waals surface area (Å²) >= 11 is 3.65. The Labute approximate surface area is 124 Å². The first-order chi connectivity index (χ1) is 9.01. The molecule has 0 aromatic carbocycles. The molecule has 106 valence electrons. The van der Waals surface area contributed by atoms with Crippen molar-refractivity contribution in [2.75, 3.05) is 20.7 Å². The zero-order valence-electron chi connectivity index (χ0n) is 12.2. The van der Waals surface area contributed by atoms with E-state index in [0.717, 1.165) is 40.8 Å². The molecule has 2 rings (SSSR count). The van der Waals surface area contributed by atoms with Crippen molar-refractivity contribution >= 4 is 15.9 Å². The second-order valence-corrected chi connectivity index (χ2v) is 6.97. The minimum atomic E-state index is 0.741. The standard InChI is InChI=1S/C15H23BrN2O/c1-10-7-17-14(11(2)15(10)19-4)9-18(3)8-12-5-13(16)6-12/h7,12-13H,5-6,8-9H2,1-4H3. The summed E-state index contributed by atoms with van der Waals surface area (Å²) in [5.74, 6) is 1.81. The van der Waals surface area contributed by atoms with Gasteiger partial charge < -0.3 is 9.64 Å². The van der Waals surface area contributed by atoms with Crippen LogP contribution in [0.15, 0.2) is 6.20 Å². The lowest BCUT2D eigenvalue weighted by atomic mass is 9.85. The highest BCUT2D eigenvalue weighted by atomic mass is 79.9. The molecule has 3 nitrogen and oxygen atoms in total. The summed E-state index contributed by atoms with van der Waals surface area (Å²) < 4.78 is 5.46. The van der Waals surface area contributed by atoms with E-state index in [1.165, 1.54) is 18.4 Å². The zero-order chi connectivity index (χ0) is 14.0. The van der Waals surface area contributed by atoms with Crippen molar-refractivity contribution in [3.8, 4) is 5.75 Å². The summed E-state index contributed by atoms with van der Waals surface area (Å²) in [6, 6.07) is 0. The van der Waals surface area contributed by atoms with Crippen LogP contribution in [0.1, 0.15) is 29.7 Å². The number of hydrogen-bond donors (Lipinski definition) is 0. The van der Waals surface area contributed by atoms with Crippen molar-refractivity contribution in [1.29, 1.82) is 0 Å². The van der Waals surface area contributed by atoms with E-state index in [4.69, 9.17) is 4.74 Å². The molecule has 0 unspecified atom stereocenters. The van der Waals surface area contributed by atoms with Gasteiger partial charge in [0.05, 0.1) is 12.8 Å². The van der Waals surface area contributed by atoms with Gasteiger partial charge in [-0.15, -0.1) is 0 Å². The van der Waals surface area contributed by atoms with Crippen LogP contribution in [-0.2, 0) is 6.54 Å². The Kier molecular flexibility index (Phi) is 4.85. The Morgan fingerprint density at radius 2 is 2.11 bits per heavy atom. The Hall–Kier alpha value is -0.610. The first-order valence-electron chi connectivity index (χ1n) is 6.83. The fraction of sp³-hybridized carbons (Fsp3) is 0.667. The summed E-state index contributed by atoms with van der Waals surface area (Å²) in [5.41, 5.74) is 3.40. The van der Waals surface area contributed by atoms with Crippen molar-refractivity contribution in [3.05, 3.63) is 23.0 Å². The number of aryl methyl sites for hydroxylation is 1. The average molecular weight is 327 g/mol. The third-order valence-corrected chi connectivity index (χ3v) is 4.67. The van der Waals surface area contributed by atoms with Crippen LogP contribution in [-0.4, -0.2) is 35.4 Å². The molecule has 1 aliphatic rings. The molecule has 0 amide bonds. The molecule has 0 radical (unpaired) electrons. The highest BCUT2D eigenvalue weighted by Crippen LogP contribution is 2.34. The number of alkyl halides is 1. The molecule has 0 spiro atoms. The van der Waals surface area contributed by atoms with Crippen molar-refractivity contribution in [2.45, 2.75) is 38.1 Å². The molecule has 0 bridgehead atoms. The number of ether oxygens (including phenoxy) is 1. The Morgan fingerprint density at radius 1 is 1.42 bits per heavy atom. The number of aromatic nitrogens is 1. The predicted octanol–water partition coefficient (Wildman–Crippen LogP) is 3.31. The number of pyridine rings is 1. The van der Waals surface area contributed by atoms with E-state index in [9.17, 15) is 0 Å². The maximum Gasteiger partial charge on any atom is 0.128 e. The molecule has 0 atom stereocenters. The average Bonchev–Trinajstić information content (AvgIpc) is 2.32. The maximum atomic E-state index is 5.46. The minimum Gasteiger partial charge on any atom is -0.496 e. The van der Waals surface area contributed by atoms with Gasteiger partial charge in [-0.25, -0.2) is 0 Å². The van der Waals surface area contributed by atoms with Gasteiger partial charge in [0.15, 0.2) is 0 Å². The summed E-state index contributed by atoms with van der Waals surface area (Å²) in [6.07, 6.45) is 4.51. The molecule has 1 aromatic rings. The molecular formula is C15H23BrN2O. The SMILES string of the molecule is COc1c(C)cnc(CN(C)CC2CC(Br)C2)c1C. The van der Waals surface area contributed by atoms with Crippen LogP contribution in [0.3, 0.4) is 0 Å². The van der Waals surface area contributed by atoms with Gasteiger partial charge in [0.2, 0.25) is 0 Å². The van der Waals surface area contributed by atoms with Gasteiger partial charge in [-0.1, -0.05) is 15.9 Å². The summed E-state index contributed by atoms with van der Waals surface area (Å²) in [7, 11) is 3.91. The molecule has 1 saturated carbocycles. The van der Waals surface area contributed by atoms with E-state index in [0.29, 0.717) is 0 Å². The van der Waals surface area contributed by atoms with Gasteiger partial charge in [0.25, 0.3) is 0 Å². The highest BCUT2D eigenvalue weighted by Gasteiger charge is 2.27. The molecule has 1 aliphatic carbocycles. The number of nitrogens with zero attached hydrogens (tertiary/aromatic N) is 2. The largest absolute Gasteiger partial charge is 0.496 e. The molecule has 0 aliphatic heterocycles. The quantitative estimate of drug-likeness (QED) is 0.776. The van der Waals surface area contributed by atoms with Gasteiger partial charge in [0.1, 0.15) is 5.75 Å². The number of methoxy groups -OCH3 is 1. The molecule has 1 fully saturated rings. The Balaban J connectivity index is 1.98. The van der Waals surface area contributed by atoms with Gasteiger partial charge in [-0.05, 0) is 39.7 Å². The van der Waals surface area contributed by atoms with Gasteiger partial charge in [-0.3, -0.25) is 4.98 Å². The van der Waals surface area contributed by atoms with Crippen LogP contribution in [0.4, 0.5) is 0 Å². The fourth-order valence-electron chi connectivity index (χ4n) is 2.79. The predicted molar refractivity (Wildman–Crippen MR) is 82.0 cm³/mol. The van der Waals surface area contributed by atoms with Crippen LogP contribution < -0.4 is 4.74 Å². The van der Waals surface area contributed by atoms with Crippen molar-refractivity contribution in [3.63, 3.8) is 0 Å². The van der Waals surface area contributed by atoms with Gasteiger partial charge in [0, 0.05) is 35.2 Å². The number of rotatable bonds is 5. The van der Waals surface area contributed by atoms with E-state index in [1.807, 2.05) is 13.1 Å². The van der Waals surface area contributed by atoms with Gasteiger partial charge in [-0.2, -0.15) is 0 Å². The van der Waals surface area contributed by atoms with Crippen molar-refractivity contribution in [1.82, 2.24) is 9.88 Å². The zero-order valence-corrected chi connectivity index (χ0v) is 13.8. The molecule has 19 heavy (non-hydrogen) atoms. The normalized spacial score (nSPS) is 22.4. The summed E-state index contributed by atoms with van der Waals surface area (Å²) in [5, 5.41) is 0. The first-order valence-corrected chi connectivity index (χ1v) is 7.74. The summed E-state index contributed by atoms with van der Waals surface area (Å²) in [6.45, 7) is 6.18. The smallest absolute Gasteiger partial charge is 0.128 e. The van der Waals surface area contributed by atoms with Crippen LogP contribution in [0.25, 0.3) is 0 Å².